The van der Waals surface area contributed by atoms with Gasteiger partial charge < -0.3 is 14.4 Å². The van der Waals surface area contributed by atoms with Crippen molar-refractivity contribution in [3.8, 4) is 5.75 Å². The molecule has 1 aliphatic heterocycles. The highest BCUT2D eigenvalue weighted by Crippen LogP contribution is 2.18. The molecule has 1 saturated heterocycles. The molecule has 0 bridgehead atoms. The topological polar surface area (TPSA) is 101 Å². The number of carbonyl (C=O) groups excluding carboxylic acids is 3. The predicted octanol–water partition coefficient (Wildman–Crippen LogP) is 1.70. The number of ether oxygens (including phenoxy) is 2. The summed E-state index contributed by atoms with van der Waals surface area (Å²) in [5.74, 6) is 0.152. The number of benzene rings is 1. The standard InChI is InChI=1S/C22H24N4O5/c1-25(19-5-3-4-10-23-19)11-14-31-17-8-6-16(7-9-17)15-18-20(27)24-22(29)26(21(18)28)12-13-30-2/h3-10,15H,11-14H2,1-2H3,(H,24,27,29). The highest BCUT2D eigenvalue weighted by Gasteiger charge is 2.35. The smallest absolute Gasteiger partial charge is 0.331 e. The number of rotatable bonds is 9. The summed E-state index contributed by atoms with van der Waals surface area (Å²) in [5.41, 5.74) is 0.527. The minimum Gasteiger partial charge on any atom is -0.492 e. The summed E-state index contributed by atoms with van der Waals surface area (Å²) in [5, 5.41) is 2.17. The zero-order valence-corrected chi connectivity index (χ0v) is 17.4. The zero-order chi connectivity index (χ0) is 22.2. The van der Waals surface area contributed by atoms with Crippen molar-refractivity contribution in [1.82, 2.24) is 15.2 Å². The van der Waals surface area contributed by atoms with Crippen LogP contribution in [0.1, 0.15) is 5.56 Å². The number of pyridine rings is 1. The fraction of sp³-hybridized carbons (Fsp3) is 0.273. The number of hydrogen-bond donors (Lipinski definition) is 1. The fourth-order valence-corrected chi connectivity index (χ4v) is 2.90. The average Bonchev–Trinajstić information content (AvgIpc) is 2.78. The quantitative estimate of drug-likeness (QED) is 0.483. The molecule has 0 saturated carbocycles. The van der Waals surface area contributed by atoms with Gasteiger partial charge in [0.2, 0.25) is 0 Å². The lowest BCUT2D eigenvalue weighted by atomic mass is 10.1. The van der Waals surface area contributed by atoms with Gasteiger partial charge in [-0.3, -0.25) is 19.8 Å². The first-order valence-electron chi connectivity index (χ1n) is 9.72. The van der Waals surface area contributed by atoms with Gasteiger partial charge in [0.15, 0.2) is 0 Å². The number of urea groups is 1. The van der Waals surface area contributed by atoms with E-state index in [-0.39, 0.29) is 18.7 Å². The van der Waals surface area contributed by atoms with Gasteiger partial charge in [0.05, 0.1) is 19.7 Å². The highest BCUT2D eigenvalue weighted by molar-refractivity contribution is 6.31. The Morgan fingerprint density at radius 1 is 1.10 bits per heavy atom. The number of anilines is 1. The van der Waals surface area contributed by atoms with E-state index in [0.29, 0.717) is 24.5 Å². The van der Waals surface area contributed by atoms with Crippen molar-refractivity contribution in [3.63, 3.8) is 0 Å². The van der Waals surface area contributed by atoms with Gasteiger partial charge in [-0.05, 0) is 35.9 Å². The number of likely N-dealkylation sites (N-methyl/N-ethyl adjacent to an activating group) is 1. The van der Waals surface area contributed by atoms with Gasteiger partial charge in [0.1, 0.15) is 23.7 Å². The monoisotopic (exact) mass is 424 g/mol. The van der Waals surface area contributed by atoms with Crippen LogP contribution in [-0.4, -0.2) is 68.2 Å². The van der Waals surface area contributed by atoms with Crippen molar-refractivity contribution in [2.45, 2.75) is 0 Å². The average molecular weight is 424 g/mol. The Morgan fingerprint density at radius 3 is 2.55 bits per heavy atom. The summed E-state index contributed by atoms with van der Waals surface area (Å²) in [7, 11) is 3.41. The van der Waals surface area contributed by atoms with E-state index in [1.165, 1.54) is 13.2 Å². The van der Waals surface area contributed by atoms with Gasteiger partial charge in [-0.2, -0.15) is 0 Å². The third kappa shape index (κ3) is 5.67. The molecule has 162 valence electrons. The number of aromatic nitrogens is 1. The number of hydrogen-bond acceptors (Lipinski definition) is 7. The van der Waals surface area contributed by atoms with Crippen LogP contribution in [-0.2, 0) is 14.3 Å². The van der Waals surface area contributed by atoms with E-state index in [2.05, 4.69) is 10.3 Å². The van der Waals surface area contributed by atoms with Crippen molar-refractivity contribution < 1.29 is 23.9 Å². The van der Waals surface area contributed by atoms with Crippen LogP contribution in [0.3, 0.4) is 0 Å². The molecule has 9 nitrogen and oxygen atoms in total. The molecule has 31 heavy (non-hydrogen) atoms. The Kier molecular flexibility index (Phi) is 7.34. The third-order valence-electron chi connectivity index (χ3n) is 4.63. The number of carbonyl (C=O) groups is 3. The molecule has 2 aromatic rings. The normalized spacial score (nSPS) is 15.2. The lowest BCUT2D eigenvalue weighted by Gasteiger charge is -2.26. The minimum atomic E-state index is -0.747. The second kappa shape index (κ2) is 10.4. The van der Waals surface area contributed by atoms with E-state index in [4.69, 9.17) is 9.47 Å². The SMILES string of the molecule is COCCN1C(=O)NC(=O)C(=Cc2ccc(OCCN(C)c3ccccn3)cc2)C1=O. The first kappa shape index (κ1) is 22.0. The van der Waals surface area contributed by atoms with Crippen LogP contribution < -0.4 is 15.0 Å². The summed E-state index contributed by atoms with van der Waals surface area (Å²) in [6.07, 6.45) is 3.19. The fourth-order valence-electron chi connectivity index (χ4n) is 2.90. The van der Waals surface area contributed by atoms with Crippen LogP contribution in [0.4, 0.5) is 10.6 Å². The largest absolute Gasteiger partial charge is 0.492 e. The van der Waals surface area contributed by atoms with Gasteiger partial charge in [0.25, 0.3) is 11.8 Å². The summed E-state index contributed by atoms with van der Waals surface area (Å²) in [4.78, 5) is 43.7. The van der Waals surface area contributed by atoms with Crippen LogP contribution in [0.15, 0.2) is 54.2 Å². The van der Waals surface area contributed by atoms with E-state index in [1.54, 1.807) is 30.5 Å². The van der Waals surface area contributed by atoms with Gasteiger partial charge in [-0.15, -0.1) is 0 Å². The van der Waals surface area contributed by atoms with Crippen LogP contribution >= 0.6 is 0 Å². The zero-order valence-electron chi connectivity index (χ0n) is 17.4. The van der Waals surface area contributed by atoms with Crippen molar-refractivity contribution >= 4 is 29.7 Å². The van der Waals surface area contributed by atoms with E-state index in [1.807, 2.05) is 30.1 Å². The summed E-state index contributed by atoms with van der Waals surface area (Å²) < 4.78 is 10.7. The van der Waals surface area contributed by atoms with E-state index >= 15 is 0 Å². The van der Waals surface area contributed by atoms with E-state index < -0.39 is 17.8 Å². The van der Waals surface area contributed by atoms with Crippen LogP contribution in [0, 0.1) is 0 Å². The number of methoxy groups -OCH3 is 1. The van der Waals surface area contributed by atoms with Gasteiger partial charge in [-0.25, -0.2) is 9.78 Å². The van der Waals surface area contributed by atoms with E-state index in [0.717, 1.165) is 10.7 Å². The molecule has 0 unspecified atom stereocenters. The second-order valence-electron chi connectivity index (χ2n) is 6.79. The van der Waals surface area contributed by atoms with Crippen molar-refractivity contribution in [3.05, 3.63) is 59.8 Å². The maximum absolute atomic E-state index is 12.5. The molecular weight excluding hydrogens is 400 g/mol. The van der Waals surface area contributed by atoms with Crippen LogP contribution in [0.5, 0.6) is 5.75 Å². The molecule has 0 atom stereocenters. The minimum absolute atomic E-state index is 0.0610. The summed E-state index contributed by atoms with van der Waals surface area (Å²) in [6.45, 7) is 1.36. The third-order valence-corrected chi connectivity index (χ3v) is 4.63. The molecule has 1 aromatic carbocycles. The van der Waals surface area contributed by atoms with Crippen molar-refractivity contribution in [2.24, 2.45) is 0 Å². The number of amides is 4. The first-order valence-corrected chi connectivity index (χ1v) is 9.72. The molecule has 1 aromatic heterocycles. The van der Waals surface area contributed by atoms with Crippen LogP contribution in [0.25, 0.3) is 6.08 Å². The Hall–Kier alpha value is -3.72. The molecule has 3 rings (SSSR count). The molecule has 1 aliphatic rings. The molecule has 0 aliphatic carbocycles. The Bertz CT molecular complexity index is 960. The first-order chi connectivity index (χ1) is 15.0. The molecule has 0 spiro atoms. The van der Waals surface area contributed by atoms with Crippen molar-refractivity contribution in [1.29, 1.82) is 0 Å². The predicted molar refractivity (Wildman–Crippen MR) is 115 cm³/mol. The lowest BCUT2D eigenvalue weighted by Crippen LogP contribution is -2.54. The highest BCUT2D eigenvalue weighted by atomic mass is 16.5. The maximum atomic E-state index is 12.5. The van der Waals surface area contributed by atoms with Gasteiger partial charge in [0, 0.05) is 20.4 Å². The molecule has 2 heterocycles. The van der Waals surface area contributed by atoms with E-state index in [9.17, 15) is 14.4 Å². The molecular formula is C22H24N4O5. The molecule has 9 heteroatoms. The Balaban J connectivity index is 1.60. The molecule has 4 amide bonds. The molecule has 0 radical (unpaired) electrons. The number of nitrogens with one attached hydrogen (secondary N) is 1. The summed E-state index contributed by atoms with van der Waals surface area (Å²) >= 11 is 0. The van der Waals surface area contributed by atoms with Crippen LogP contribution in [0.2, 0.25) is 0 Å². The Morgan fingerprint density at radius 2 is 1.87 bits per heavy atom. The second-order valence-corrected chi connectivity index (χ2v) is 6.79. The number of nitrogens with zero attached hydrogens (tertiary/aromatic N) is 3. The number of imide groups is 2. The van der Waals surface area contributed by atoms with Gasteiger partial charge >= 0.3 is 6.03 Å². The van der Waals surface area contributed by atoms with Crippen molar-refractivity contribution in [2.75, 3.05) is 45.4 Å². The summed E-state index contributed by atoms with van der Waals surface area (Å²) in [6, 6.07) is 12.0. The maximum Gasteiger partial charge on any atom is 0.331 e. The molecule has 1 N–H and O–H groups in total. The molecule has 1 fully saturated rings. The van der Waals surface area contributed by atoms with Gasteiger partial charge in [-0.1, -0.05) is 18.2 Å². The Labute approximate surface area is 180 Å². The lowest BCUT2D eigenvalue weighted by molar-refractivity contribution is -0.130. The number of barbiturate groups is 1.